The van der Waals surface area contributed by atoms with Gasteiger partial charge in [-0.25, -0.2) is 0 Å². The van der Waals surface area contributed by atoms with Crippen molar-refractivity contribution in [2.24, 2.45) is 0 Å². The van der Waals surface area contributed by atoms with Crippen LogP contribution >= 0.6 is 0 Å². The van der Waals surface area contributed by atoms with Crippen LogP contribution in [-0.2, 0) is 16.0 Å². The fourth-order valence-corrected chi connectivity index (χ4v) is 1.34. The maximum Gasteiger partial charge on any atom is 0.573 e. The lowest BCUT2D eigenvalue weighted by molar-refractivity contribution is -0.274. The number of alkyl halides is 5. The fourth-order valence-electron chi connectivity index (χ4n) is 1.34. The van der Waals surface area contributed by atoms with E-state index in [1.807, 2.05) is 0 Å². The SMILES string of the molecule is COC(=O)Cc1cc(OC(F)F)cc(OC(F)(F)F)c1. The molecule has 0 fully saturated rings. The van der Waals surface area contributed by atoms with Gasteiger partial charge in [0.25, 0.3) is 0 Å². The van der Waals surface area contributed by atoms with Crippen molar-refractivity contribution in [2.75, 3.05) is 7.11 Å². The molecule has 0 aliphatic rings. The molecular formula is C11H9F5O4. The summed E-state index contributed by atoms with van der Waals surface area (Å²) in [4.78, 5) is 11.0. The number of carbonyl (C=O) groups is 1. The molecule has 0 saturated heterocycles. The molecular weight excluding hydrogens is 291 g/mol. The van der Waals surface area contributed by atoms with E-state index in [2.05, 4.69) is 14.2 Å². The van der Waals surface area contributed by atoms with E-state index < -0.39 is 36.9 Å². The first-order chi connectivity index (χ1) is 9.19. The van der Waals surface area contributed by atoms with E-state index in [1.54, 1.807) is 0 Å². The number of halogens is 5. The highest BCUT2D eigenvalue weighted by Crippen LogP contribution is 2.29. The van der Waals surface area contributed by atoms with Crippen molar-refractivity contribution in [3.63, 3.8) is 0 Å². The molecule has 1 rings (SSSR count). The Morgan fingerprint density at radius 1 is 1.20 bits per heavy atom. The number of carbonyl (C=O) groups excluding carboxylic acids is 1. The first-order valence-corrected chi connectivity index (χ1v) is 5.11. The standard InChI is InChI=1S/C11H9F5O4/c1-18-9(17)4-6-2-7(19-10(12)13)5-8(3-6)20-11(14,15)16/h2-3,5,10H,4H2,1H3. The van der Waals surface area contributed by atoms with E-state index in [0.717, 1.165) is 19.2 Å². The topological polar surface area (TPSA) is 44.8 Å². The Bertz CT molecular complexity index is 472. The minimum absolute atomic E-state index is 0.0192. The highest BCUT2D eigenvalue weighted by Gasteiger charge is 2.31. The van der Waals surface area contributed by atoms with Crippen molar-refractivity contribution in [3.8, 4) is 11.5 Å². The predicted molar refractivity (Wildman–Crippen MR) is 55.5 cm³/mol. The molecule has 1 aromatic rings. The van der Waals surface area contributed by atoms with Crippen molar-refractivity contribution in [3.05, 3.63) is 23.8 Å². The number of ether oxygens (including phenoxy) is 3. The third-order valence-corrected chi connectivity index (χ3v) is 1.97. The van der Waals surface area contributed by atoms with Crippen molar-refractivity contribution in [2.45, 2.75) is 19.4 Å². The zero-order chi connectivity index (χ0) is 15.3. The molecule has 0 bridgehead atoms. The lowest BCUT2D eigenvalue weighted by Crippen LogP contribution is -2.17. The molecule has 20 heavy (non-hydrogen) atoms. The summed E-state index contributed by atoms with van der Waals surface area (Å²) >= 11 is 0. The quantitative estimate of drug-likeness (QED) is 0.619. The summed E-state index contributed by atoms with van der Waals surface area (Å²) in [5.41, 5.74) is -0.0192. The monoisotopic (exact) mass is 300 g/mol. The Hall–Kier alpha value is -2.06. The molecule has 0 amide bonds. The average molecular weight is 300 g/mol. The molecule has 4 nitrogen and oxygen atoms in total. The van der Waals surface area contributed by atoms with E-state index in [-0.39, 0.29) is 5.56 Å². The minimum atomic E-state index is -4.99. The van der Waals surface area contributed by atoms with Gasteiger partial charge in [0.1, 0.15) is 11.5 Å². The Morgan fingerprint density at radius 2 is 1.80 bits per heavy atom. The third-order valence-electron chi connectivity index (χ3n) is 1.97. The molecule has 0 aromatic heterocycles. The van der Waals surface area contributed by atoms with Gasteiger partial charge in [-0.1, -0.05) is 0 Å². The zero-order valence-corrected chi connectivity index (χ0v) is 10.0. The first-order valence-electron chi connectivity index (χ1n) is 5.11. The van der Waals surface area contributed by atoms with Crippen molar-refractivity contribution in [1.82, 2.24) is 0 Å². The molecule has 9 heteroatoms. The lowest BCUT2D eigenvalue weighted by Gasteiger charge is -2.12. The molecule has 0 aliphatic carbocycles. The van der Waals surface area contributed by atoms with Crippen LogP contribution < -0.4 is 9.47 Å². The molecule has 0 heterocycles. The molecule has 0 aliphatic heterocycles. The Balaban J connectivity index is 3.03. The van der Waals surface area contributed by atoms with E-state index in [4.69, 9.17) is 0 Å². The number of hydrogen-bond acceptors (Lipinski definition) is 4. The smallest absolute Gasteiger partial charge is 0.469 e. The van der Waals surface area contributed by atoms with Gasteiger partial charge in [-0.3, -0.25) is 4.79 Å². The Kier molecular flexibility index (Phi) is 5.12. The second-order valence-electron chi connectivity index (χ2n) is 3.49. The van der Waals surface area contributed by atoms with Crippen molar-refractivity contribution in [1.29, 1.82) is 0 Å². The summed E-state index contributed by atoms with van der Waals surface area (Å²) in [5.74, 6) is -2.08. The Morgan fingerprint density at radius 3 is 2.30 bits per heavy atom. The van der Waals surface area contributed by atoms with E-state index >= 15 is 0 Å². The largest absolute Gasteiger partial charge is 0.573 e. The van der Waals surface area contributed by atoms with Gasteiger partial charge in [0.2, 0.25) is 0 Å². The van der Waals surface area contributed by atoms with Gasteiger partial charge in [-0.05, 0) is 17.7 Å². The maximum absolute atomic E-state index is 12.1. The summed E-state index contributed by atoms with van der Waals surface area (Å²) in [6, 6.07) is 2.51. The molecule has 0 atom stereocenters. The molecule has 0 N–H and O–H groups in total. The van der Waals surface area contributed by atoms with Crippen LogP contribution in [0.15, 0.2) is 18.2 Å². The van der Waals surface area contributed by atoms with Crippen LogP contribution in [0.1, 0.15) is 5.56 Å². The number of rotatable bonds is 5. The van der Waals surface area contributed by atoms with Crippen molar-refractivity contribution < 1.29 is 41.0 Å². The van der Waals surface area contributed by atoms with Crippen molar-refractivity contribution >= 4 is 5.97 Å². The van der Waals surface area contributed by atoms with Crippen LogP contribution in [-0.4, -0.2) is 26.1 Å². The lowest BCUT2D eigenvalue weighted by atomic mass is 10.1. The van der Waals surface area contributed by atoms with E-state index in [9.17, 15) is 26.7 Å². The molecule has 0 saturated carbocycles. The highest BCUT2D eigenvalue weighted by molar-refractivity contribution is 5.72. The Labute approximate surface area is 110 Å². The summed E-state index contributed by atoms with van der Waals surface area (Å²) < 4.78 is 72.3. The summed E-state index contributed by atoms with van der Waals surface area (Å²) in [6.45, 7) is -3.22. The third kappa shape index (κ3) is 5.72. The van der Waals surface area contributed by atoms with Crippen LogP contribution in [0, 0.1) is 0 Å². The number of benzene rings is 1. The number of hydrogen-bond donors (Lipinski definition) is 0. The summed E-state index contributed by atoms with van der Waals surface area (Å²) in [5, 5.41) is 0. The normalized spacial score (nSPS) is 11.3. The minimum Gasteiger partial charge on any atom is -0.469 e. The van der Waals surface area contributed by atoms with Gasteiger partial charge in [0, 0.05) is 6.07 Å². The van der Waals surface area contributed by atoms with Crippen LogP contribution in [0.5, 0.6) is 11.5 Å². The van der Waals surface area contributed by atoms with Gasteiger partial charge >= 0.3 is 18.9 Å². The molecule has 0 radical (unpaired) electrons. The molecule has 1 aromatic carbocycles. The van der Waals surface area contributed by atoms with Gasteiger partial charge in [-0.15, -0.1) is 13.2 Å². The van der Waals surface area contributed by atoms with Crippen LogP contribution in [0.4, 0.5) is 22.0 Å². The summed E-state index contributed by atoms with van der Waals surface area (Å²) in [6.07, 6.45) is -5.41. The van der Waals surface area contributed by atoms with E-state index in [0.29, 0.717) is 6.07 Å². The second-order valence-corrected chi connectivity index (χ2v) is 3.49. The zero-order valence-electron chi connectivity index (χ0n) is 10.0. The van der Waals surface area contributed by atoms with E-state index in [1.165, 1.54) is 0 Å². The van der Waals surface area contributed by atoms with Gasteiger partial charge in [0.05, 0.1) is 13.5 Å². The highest BCUT2D eigenvalue weighted by atomic mass is 19.4. The molecule has 0 unspecified atom stereocenters. The number of methoxy groups -OCH3 is 1. The maximum atomic E-state index is 12.1. The van der Waals surface area contributed by atoms with Gasteiger partial charge in [-0.2, -0.15) is 8.78 Å². The molecule has 0 spiro atoms. The average Bonchev–Trinajstić information content (AvgIpc) is 2.24. The van der Waals surface area contributed by atoms with Crippen LogP contribution in [0.3, 0.4) is 0 Å². The van der Waals surface area contributed by atoms with Crippen LogP contribution in [0.2, 0.25) is 0 Å². The van der Waals surface area contributed by atoms with Gasteiger partial charge < -0.3 is 14.2 Å². The number of esters is 1. The molecule has 112 valence electrons. The second kappa shape index (κ2) is 6.40. The predicted octanol–water partition coefficient (Wildman–Crippen LogP) is 2.90. The van der Waals surface area contributed by atoms with Gasteiger partial charge in [0.15, 0.2) is 0 Å². The fraction of sp³-hybridized carbons (Fsp3) is 0.364. The van der Waals surface area contributed by atoms with Crippen LogP contribution in [0.25, 0.3) is 0 Å². The summed E-state index contributed by atoms with van der Waals surface area (Å²) in [7, 11) is 1.08. The first kappa shape index (κ1) is 16.0.